The third-order valence-electron chi connectivity index (χ3n) is 1.74. The minimum absolute atomic E-state index is 0. The van der Waals surface area contributed by atoms with Gasteiger partial charge in [-0.05, 0) is 18.2 Å². The van der Waals surface area contributed by atoms with Gasteiger partial charge in [0.15, 0.2) is 0 Å². The largest absolute Gasteiger partial charge is 0.464 e. The Hall–Kier alpha value is -1.81. The molecular weight excluding hydrogens is 170 g/mol. The van der Waals surface area contributed by atoms with Crippen LogP contribution in [0.15, 0.2) is 34.9 Å². The summed E-state index contributed by atoms with van der Waals surface area (Å²) in [5, 5.41) is 0. The van der Waals surface area contributed by atoms with Crippen LogP contribution in [0.2, 0.25) is 0 Å². The van der Waals surface area contributed by atoms with Crippen molar-refractivity contribution in [3.63, 3.8) is 0 Å². The lowest BCUT2D eigenvalue weighted by molar-refractivity contribution is 0.1000. The van der Waals surface area contributed by atoms with Gasteiger partial charge >= 0.3 is 0 Å². The molecule has 0 fully saturated rings. The van der Waals surface area contributed by atoms with E-state index < -0.39 is 5.91 Å². The van der Waals surface area contributed by atoms with Gasteiger partial charge in [0.05, 0.1) is 11.8 Å². The SMILES string of the molecule is NC(=O)c1ccc2cccoc1-2.O. The van der Waals surface area contributed by atoms with Crippen LogP contribution in [0.1, 0.15) is 10.4 Å². The monoisotopic (exact) mass is 179 g/mol. The molecule has 1 aliphatic heterocycles. The Balaban J connectivity index is 0.000000845. The van der Waals surface area contributed by atoms with E-state index in [1.165, 1.54) is 6.26 Å². The van der Waals surface area contributed by atoms with Gasteiger partial charge in [-0.2, -0.15) is 0 Å². The molecule has 4 N–H and O–H groups in total. The van der Waals surface area contributed by atoms with E-state index in [2.05, 4.69) is 0 Å². The highest BCUT2D eigenvalue weighted by atomic mass is 16.3. The zero-order chi connectivity index (χ0) is 8.55. The molecule has 0 aromatic heterocycles. The number of carbonyl (C=O) groups is 1. The Bertz CT molecular complexity index is 394. The number of carbonyl (C=O) groups excluding carboxylic acids is 1. The summed E-state index contributed by atoms with van der Waals surface area (Å²) in [5.41, 5.74) is 6.46. The van der Waals surface area contributed by atoms with Crippen LogP contribution in [0.5, 0.6) is 0 Å². The summed E-state index contributed by atoms with van der Waals surface area (Å²) >= 11 is 0. The Labute approximate surface area is 74.6 Å². The van der Waals surface area contributed by atoms with Crippen molar-refractivity contribution in [3.05, 3.63) is 36.1 Å². The van der Waals surface area contributed by atoms with Crippen LogP contribution < -0.4 is 5.73 Å². The van der Waals surface area contributed by atoms with Crippen molar-refractivity contribution in [2.24, 2.45) is 5.73 Å². The zero-order valence-electron chi connectivity index (χ0n) is 6.78. The first-order valence-electron chi connectivity index (χ1n) is 3.55. The highest BCUT2D eigenvalue weighted by Crippen LogP contribution is 2.26. The number of rotatable bonds is 1. The van der Waals surface area contributed by atoms with Crippen LogP contribution >= 0.6 is 0 Å². The number of amides is 1. The molecule has 1 amide bonds. The molecule has 0 saturated carbocycles. The summed E-state index contributed by atoms with van der Waals surface area (Å²) in [4.78, 5) is 10.8. The number of nitrogens with two attached hydrogens (primary N) is 1. The molecule has 0 atom stereocenters. The smallest absolute Gasteiger partial charge is 0.252 e. The maximum absolute atomic E-state index is 10.8. The maximum Gasteiger partial charge on any atom is 0.252 e. The van der Waals surface area contributed by atoms with Crippen molar-refractivity contribution >= 4 is 5.91 Å². The molecule has 2 rings (SSSR count). The second-order valence-electron chi connectivity index (χ2n) is 2.51. The molecule has 4 heteroatoms. The van der Waals surface area contributed by atoms with Crippen LogP contribution in [0.3, 0.4) is 0 Å². The first-order valence-corrected chi connectivity index (χ1v) is 3.55. The third-order valence-corrected chi connectivity index (χ3v) is 1.74. The number of primary amides is 1. The van der Waals surface area contributed by atoms with Crippen LogP contribution in [-0.4, -0.2) is 11.4 Å². The average Bonchev–Trinajstić information content (AvgIpc) is 2.47. The Morgan fingerprint density at radius 2 is 2.08 bits per heavy atom. The van der Waals surface area contributed by atoms with E-state index in [0.29, 0.717) is 11.3 Å². The topological polar surface area (TPSA) is 87.7 Å². The Morgan fingerprint density at radius 1 is 1.31 bits per heavy atom. The minimum atomic E-state index is -0.458. The van der Waals surface area contributed by atoms with E-state index in [0.717, 1.165) is 5.56 Å². The summed E-state index contributed by atoms with van der Waals surface area (Å²) in [5.74, 6) is 0.102. The zero-order valence-corrected chi connectivity index (χ0v) is 6.78. The van der Waals surface area contributed by atoms with Gasteiger partial charge in [0.1, 0.15) is 5.76 Å². The van der Waals surface area contributed by atoms with Crippen LogP contribution in [0, 0.1) is 0 Å². The highest BCUT2D eigenvalue weighted by Gasteiger charge is 2.14. The lowest BCUT2D eigenvalue weighted by Crippen LogP contribution is -2.10. The van der Waals surface area contributed by atoms with Gasteiger partial charge in [-0.3, -0.25) is 4.79 Å². The van der Waals surface area contributed by atoms with Gasteiger partial charge in [0.25, 0.3) is 5.91 Å². The molecule has 0 aromatic rings. The lowest BCUT2D eigenvalue weighted by Gasteiger charge is -1.97. The van der Waals surface area contributed by atoms with E-state index >= 15 is 0 Å². The normalized spacial score (nSPS) is 9.54. The molecule has 4 nitrogen and oxygen atoms in total. The fourth-order valence-corrected chi connectivity index (χ4v) is 1.19. The van der Waals surface area contributed by atoms with E-state index in [4.69, 9.17) is 10.2 Å². The van der Waals surface area contributed by atoms with E-state index in [-0.39, 0.29) is 5.48 Å². The van der Waals surface area contributed by atoms with Crippen LogP contribution in [0.25, 0.3) is 11.3 Å². The summed E-state index contributed by atoms with van der Waals surface area (Å²) in [7, 11) is 0. The second kappa shape index (κ2) is 3.28. The van der Waals surface area contributed by atoms with Crippen molar-refractivity contribution in [2.75, 3.05) is 0 Å². The third kappa shape index (κ3) is 1.39. The molecular formula is C9H9NO3. The van der Waals surface area contributed by atoms with Gasteiger partial charge in [-0.1, -0.05) is 6.07 Å². The molecule has 0 saturated heterocycles. The fourth-order valence-electron chi connectivity index (χ4n) is 1.19. The van der Waals surface area contributed by atoms with Gasteiger partial charge in [-0.25, -0.2) is 0 Å². The minimum Gasteiger partial charge on any atom is -0.464 e. The van der Waals surface area contributed by atoms with E-state index in [1.807, 2.05) is 6.07 Å². The first kappa shape index (κ1) is 9.28. The van der Waals surface area contributed by atoms with Crippen molar-refractivity contribution in [2.45, 2.75) is 0 Å². The predicted octanol–water partition coefficient (Wildman–Crippen LogP) is 0.659. The van der Waals surface area contributed by atoms with Gasteiger partial charge in [-0.15, -0.1) is 0 Å². The van der Waals surface area contributed by atoms with Crippen LogP contribution in [-0.2, 0) is 0 Å². The van der Waals surface area contributed by atoms with E-state index in [9.17, 15) is 4.79 Å². The highest BCUT2D eigenvalue weighted by molar-refractivity contribution is 5.99. The first-order chi connectivity index (χ1) is 5.79. The summed E-state index contributed by atoms with van der Waals surface area (Å²) in [6.07, 6.45) is 1.52. The molecule has 0 bridgehead atoms. The maximum atomic E-state index is 10.8. The molecule has 13 heavy (non-hydrogen) atoms. The van der Waals surface area contributed by atoms with Crippen molar-refractivity contribution in [3.8, 4) is 11.3 Å². The van der Waals surface area contributed by atoms with Crippen molar-refractivity contribution < 1.29 is 14.7 Å². The molecule has 1 heterocycles. The molecule has 0 radical (unpaired) electrons. The molecule has 1 aliphatic carbocycles. The average molecular weight is 179 g/mol. The number of fused-ring (bicyclic) bond motifs is 1. The van der Waals surface area contributed by atoms with Crippen molar-refractivity contribution in [1.29, 1.82) is 0 Å². The Kier molecular flexibility index (Phi) is 2.34. The lowest BCUT2D eigenvalue weighted by atomic mass is 10.2. The van der Waals surface area contributed by atoms with Crippen molar-refractivity contribution in [1.82, 2.24) is 0 Å². The molecule has 68 valence electrons. The number of hydrogen-bond donors (Lipinski definition) is 1. The number of hydrogen-bond acceptors (Lipinski definition) is 2. The standard InChI is InChI=1S/C9H7NO2.H2O/c10-9(11)7-4-3-6-2-1-5-12-8(6)7;/h1-5H,(H2,10,11);1H2. The molecule has 0 spiro atoms. The van der Waals surface area contributed by atoms with E-state index in [1.54, 1.807) is 18.2 Å². The summed E-state index contributed by atoms with van der Waals surface area (Å²) < 4.78 is 5.14. The Morgan fingerprint density at radius 3 is 2.77 bits per heavy atom. The summed E-state index contributed by atoms with van der Waals surface area (Å²) in [6, 6.07) is 7.10. The molecule has 2 aliphatic rings. The molecule has 0 unspecified atom stereocenters. The predicted molar refractivity (Wildman–Crippen MR) is 47.5 cm³/mol. The van der Waals surface area contributed by atoms with Gasteiger partial charge < -0.3 is 15.6 Å². The fraction of sp³-hybridized carbons (Fsp3) is 0. The van der Waals surface area contributed by atoms with Gasteiger partial charge in [0.2, 0.25) is 0 Å². The second-order valence-corrected chi connectivity index (χ2v) is 2.51. The quantitative estimate of drug-likeness (QED) is 0.696. The van der Waals surface area contributed by atoms with Crippen LogP contribution in [0.4, 0.5) is 0 Å². The van der Waals surface area contributed by atoms with Gasteiger partial charge in [0, 0.05) is 5.56 Å². The summed E-state index contributed by atoms with van der Waals surface area (Å²) in [6.45, 7) is 0. The molecule has 0 aromatic carbocycles.